The van der Waals surface area contributed by atoms with Crippen molar-refractivity contribution in [3.05, 3.63) is 98.6 Å². The van der Waals surface area contributed by atoms with Crippen molar-refractivity contribution in [3.8, 4) is 11.5 Å². The summed E-state index contributed by atoms with van der Waals surface area (Å²) < 4.78 is 76.7. The number of carboxylic acid groups (broad SMARTS) is 1. The molecule has 3 aromatic carbocycles. The third-order valence-corrected chi connectivity index (χ3v) is 10.0. The number of Topliss-reactive ketones (excluding diaryl/α,β-unsaturated/α-hetero) is 1. The molecule has 0 atom stereocenters. The third kappa shape index (κ3) is 6.88. The Labute approximate surface area is 289 Å². The van der Waals surface area contributed by atoms with Gasteiger partial charge in [-0.1, -0.05) is 26.0 Å². The Morgan fingerprint density at radius 1 is 0.880 bits per heavy atom. The van der Waals surface area contributed by atoms with Crippen LogP contribution in [0.25, 0.3) is 16.7 Å². The second kappa shape index (κ2) is 11.7. The fourth-order valence-corrected chi connectivity index (χ4v) is 8.11. The van der Waals surface area contributed by atoms with E-state index in [0.29, 0.717) is 44.1 Å². The van der Waals surface area contributed by atoms with Gasteiger partial charge in [-0.2, -0.15) is 8.42 Å². The highest BCUT2D eigenvalue weighted by Crippen LogP contribution is 2.45. The molecule has 0 unspecified atom stereocenters. The topological polar surface area (TPSA) is 201 Å². The molecular formula is C36H36N2O10S2. The maximum atomic E-state index is 13.2. The van der Waals surface area contributed by atoms with Gasteiger partial charge >= 0.3 is 5.97 Å². The number of carboxylic acids is 1. The summed E-state index contributed by atoms with van der Waals surface area (Å²) in [6.07, 6.45) is 3.33. The molecule has 3 aliphatic rings. The van der Waals surface area contributed by atoms with E-state index in [-0.39, 0.29) is 39.5 Å². The molecule has 0 fully saturated rings. The first kappa shape index (κ1) is 35.2. The van der Waals surface area contributed by atoms with Gasteiger partial charge in [0.25, 0.3) is 10.1 Å². The van der Waals surface area contributed by atoms with E-state index in [1.807, 2.05) is 27.7 Å². The first-order chi connectivity index (χ1) is 23.0. The summed E-state index contributed by atoms with van der Waals surface area (Å²) in [5, 5.41) is 14.6. The predicted octanol–water partition coefficient (Wildman–Crippen LogP) is 2.47. The van der Waals surface area contributed by atoms with Crippen molar-refractivity contribution in [2.24, 2.45) is 5.92 Å². The summed E-state index contributed by atoms with van der Waals surface area (Å²) >= 11 is 0. The number of hydrogen-bond donors (Lipinski definition) is 4. The third-order valence-electron chi connectivity index (χ3n) is 8.67. The van der Waals surface area contributed by atoms with Gasteiger partial charge < -0.3 is 19.7 Å². The molecule has 0 saturated carbocycles. The summed E-state index contributed by atoms with van der Waals surface area (Å²) in [4.78, 5) is 29.3. The van der Waals surface area contributed by atoms with Gasteiger partial charge in [0.05, 0.1) is 38.6 Å². The van der Waals surface area contributed by atoms with E-state index in [9.17, 15) is 40.6 Å². The molecule has 3 heterocycles. The van der Waals surface area contributed by atoms with Crippen LogP contribution in [0.4, 0.5) is 5.69 Å². The number of aromatic carboxylic acids is 1. The van der Waals surface area contributed by atoms with Gasteiger partial charge in [-0.3, -0.25) is 9.35 Å². The van der Waals surface area contributed by atoms with E-state index < -0.39 is 54.7 Å². The van der Waals surface area contributed by atoms with Gasteiger partial charge in [0.2, 0.25) is 5.36 Å². The molecule has 262 valence electrons. The average Bonchev–Trinajstić information content (AvgIpc) is 2.95. The minimum absolute atomic E-state index is 0.139. The Morgan fingerprint density at radius 3 is 2.18 bits per heavy atom. The first-order valence-corrected chi connectivity index (χ1v) is 18.9. The summed E-state index contributed by atoms with van der Waals surface area (Å²) in [5.41, 5.74) is 1.28. The van der Waals surface area contributed by atoms with Crippen LogP contribution in [-0.4, -0.2) is 65.4 Å². The Balaban J connectivity index is 1.77. The number of nitrogens with one attached hydrogen (secondary N) is 2. The lowest BCUT2D eigenvalue weighted by atomic mass is 9.83. The summed E-state index contributed by atoms with van der Waals surface area (Å²) in [6, 6.07) is 10.9. The predicted molar refractivity (Wildman–Crippen MR) is 185 cm³/mol. The number of benzene rings is 3. The lowest BCUT2D eigenvalue weighted by Gasteiger charge is -2.34. The molecular weight excluding hydrogens is 685 g/mol. The van der Waals surface area contributed by atoms with Crippen LogP contribution in [0.3, 0.4) is 0 Å². The van der Waals surface area contributed by atoms with E-state index in [0.717, 1.165) is 0 Å². The van der Waals surface area contributed by atoms with E-state index in [1.54, 1.807) is 50.3 Å². The van der Waals surface area contributed by atoms with Crippen LogP contribution in [0.5, 0.6) is 11.5 Å². The van der Waals surface area contributed by atoms with E-state index in [2.05, 4.69) is 10.3 Å². The molecule has 12 nitrogen and oxygen atoms in total. The van der Waals surface area contributed by atoms with Crippen molar-refractivity contribution in [2.75, 3.05) is 16.8 Å². The van der Waals surface area contributed by atoms with Crippen LogP contribution in [0.1, 0.15) is 84.5 Å². The van der Waals surface area contributed by atoms with Crippen LogP contribution in [0, 0.1) is 5.92 Å². The van der Waals surface area contributed by atoms with Crippen molar-refractivity contribution in [1.29, 1.82) is 0 Å². The number of carbonyl (C=O) groups excluding carboxylic acids is 1. The molecule has 4 N–H and O–H groups in total. The summed E-state index contributed by atoms with van der Waals surface area (Å²) in [5.74, 6) is -2.84. The molecule has 3 aliphatic heterocycles. The van der Waals surface area contributed by atoms with E-state index >= 15 is 0 Å². The van der Waals surface area contributed by atoms with Crippen LogP contribution >= 0.6 is 0 Å². The van der Waals surface area contributed by atoms with Crippen molar-refractivity contribution in [3.63, 3.8) is 0 Å². The molecule has 6 rings (SSSR count). The first-order valence-electron chi connectivity index (χ1n) is 15.7. The average molecular weight is 721 g/mol. The zero-order valence-electron chi connectivity index (χ0n) is 28.2. The van der Waals surface area contributed by atoms with E-state index in [4.69, 9.17) is 4.74 Å². The number of hydrogen-bond acceptors (Lipinski definition) is 9. The molecule has 3 aromatic rings. The molecule has 0 aromatic heterocycles. The molecule has 0 spiro atoms. The quantitative estimate of drug-likeness (QED) is 0.154. The molecule has 0 amide bonds. The number of ether oxygens (including phenoxy) is 1. The Morgan fingerprint density at radius 2 is 1.56 bits per heavy atom. The van der Waals surface area contributed by atoms with Crippen LogP contribution in [0.2, 0.25) is 0 Å². The van der Waals surface area contributed by atoms with Crippen molar-refractivity contribution in [2.45, 2.75) is 52.6 Å². The van der Waals surface area contributed by atoms with Gasteiger partial charge in [0.1, 0.15) is 17.3 Å². The highest BCUT2D eigenvalue weighted by Gasteiger charge is 2.34. The molecule has 0 saturated heterocycles. The van der Waals surface area contributed by atoms with Gasteiger partial charge in [-0.15, -0.1) is 0 Å². The summed E-state index contributed by atoms with van der Waals surface area (Å²) in [6.45, 7) is 10.7. The maximum absolute atomic E-state index is 13.2. The van der Waals surface area contributed by atoms with Crippen LogP contribution < -0.4 is 25.6 Å². The van der Waals surface area contributed by atoms with Gasteiger partial charge in [-0.25, -0.2) is 18.2 Å². The smallest absolute Gasteiger partial charge is 0.336 e. The minimum atomic E-state index is -4.72. The molecule has 50 heavy (non-hydrogen) atoms. The Kier molecular flexibility index (Phi) is 8.26. The lowest BCUT2D eigenvalue weighted by molar-refractivity contribution is -0.568. The zero-order chi connectivity index (χ0) is 36.7. The largest absolute Gasteiger partial charge is 0.748 e. The SMILES string of the molecule is CC(C)C(=O)c1ccc(C(=O)O)c(C2=c3cc4c(cc3Oc3cc5c(cc32)C(CS(=O)(=O)[O-])=CC(C)(C)N5)=[NH+]C(C)(C)C=C4CS(=O)(=O)O)c1. The van der Waals surface area contributed by atoms with Gasteiger partial charge in [0, 0.05) is 59.0 Å². The highest BCUT2D eigenvalue weighted by molar-refractivity contribution is 7.86. The fraction of sp³-hybridized carbons (Fsp3) is 0.306. The molecule has 0 aliphatic carbocycles. The maximum Gasteiger partial charge on any atom is 0.336 e. The molecule has 0 bridgehead atoms. The fourth-order valence-electron chi connectivity index (χ4n) is 6.85. The number of anilines is 1. The Hall–Kier alpha value is -4.63. The van der Waals surface area contributed by atoms with Crippen molar-refractivity contribution >= 4 is 54.4 Å². The number of rotatable bonds is 8. The Bertz CT molecular complexity index is 2460. The standard InChI is InChI=1S/C36H36N2O10S2/c1-18(2)33(39)19-7-8-22(34(40)41)25(9-19)32-26-10-23-20(16-49(42,43)44)14-35(3,4)37-28(23)12-30(26)48-31-13-29-24(11-27(31)32)21(17-50(45,46)47)15-36(5,6)38-29/h7-15,18,37H,16-17H2,1-6H3,(H,40,41)(H,42,43,44)(H,45,46,47). The number of fused-ring (bicyclic) bond motifs is 4. The lowest BCUT2D eigenvalue weighted by Crippen LogP contribution is -2.89. The monoisotopic (exact) mass is 720 g/mol. The van der Waals surface area contributed by atoms with Gasteiger partial charge in [-0.05, 0) is 60.9 Å². The molecule has 0 radical (unpaired) electrons. The van der Waals surface area contributed by atoms with E-state index in [1.165, 1.54) is 18.2 Å². The minimum Gasteiger partial charge on any atom is -0.748 e. The van der Waals surface area contributed by atoms with Gasteiger partial charge in [0.15, 0.2) is 11.3 Å². The normalized spacial score (nSPS) is 17.1. The number of ketones is 1. The second-order valence-electron chi connectivity index (χ2n) is 14.3. The zero-order valence-corrected chi connectivity index (χ0v) is 29.8. The van der Waals surface area contributed by atoms with Crippen LogP contribution in [0.15, 0.2) is 54.6 Å². The van der Waals surface area contributed by atoms with Crippen molar-refractivity contribution in [1.82, 2.24) is 0 Å². The van der Waals surface area contributed by atoms with Crippen molar-refractivity contribution < 1.29 is 50.4 Å². The van der Waals surface area contributed by atoms with Crippen LogP contribution in [-0.2, 0) is 20.2 Å². The summed E-state index contributed by atoms with van der Waals surface area (Å²) in [7, 11) is -9.19. The second-order valence-corrected chi connectivity index (χ2v) is 17.2. The highest BCUT2D eigenvalue weighted by atomic mass is 32.2. The number of carbonyl (C=O) groups is 2. The molecule has 14 heteroatoms.